The Kier molecular flexibility index (Phi) is 4.61. The van der Waals surface area contributed by atoms with Crippen LogP contribution in [-0.2, 0) is 4.74 Å². The van der Waals surface area contributed by atoms with Crippen LogP contribution < -0.4 is 11.3 Å². The molecule has 0 amide bonds. The first-order valence-electron chi connectivity index (χ1n) is 7.29. The topological polar surface area (TPSA) is 47.3 Å². The van der Waals surface area contributed by atoms with Gasteiger partial charge in [-0.25, -0.2) is 0 Å². The van der Waals surface area contributed by atoms with Gasteiger partial charge in [-0.3, -0.25) is 11.3 Å². The molecule has 0 bridgehead atoms. The number of hydrogen-bond donors (Lipinski definition) is 2. The predicted molar refractivity (Wildman–Crippen MR) is 78.8 cm³/mol. The molecule has 0 heterocycles. The van der Waals surface area contributed by atoms with E-state index in [1.807, 2.05) is 0 Å². The van der Waals surface area contributed by atoms with Crippen LogP contribution in [0.4, 0.5) is 0 Å². The molecule has 2 rings (SSSR count). The molecule has 0 saturated heterocycles. The molecule has 0 aliphatic heterocycles. The average molecular weight is 262 g/mol. The molecule has 1 saturated carbocycles. The molecule has 0 aromatic heterocycles. The predicted octanol–water partition coefficient (Wildman–Crippen LogP) is 3.16. The molecule has 3 heteroatoms. The molecule has 0 radical (unpaired) electrons. The van der Waals surface area contributed by atoms with Gasteiger partial charge in [-0.05, 0) is 39.2 Å². The Balaban J connectivity index is 2.36. The zero-order chi connectivity index (χ0) is 13.9. The lowest BCUT2D eigenvalue weighted by atomic mass is 9.86. The van der Waals surface area contributed by atoms with Crippen molar-refractivity contribution in [1.29, 1.82) is 0 Å². The van der Waals surface area contributed by atoms with E-state index in [0.29, 0.717) is 0 Å². The molecular weight excluding hydrogens is 236 g/mol. The summed E-state index contributed by atoms with van der Waals surface area (Å²) in [5, 5.41) is 0. The Bertz CT molecular complexity index is 405. The van der Waals surface area contributed by atoms with Gasteiger partial charge in [-0.1, -0.05) is 42.2 Å². The third kappa shape index (κ3) is 2.99. The van der Waals surface area contributed by atoms with E-state index in [2.05, 4.69) is 44.4 Å². The summed E-state index contributed by atoms with van der Waals surface area (Å²) in [7, 11) is 0. The van der Waals surface area contributed by atoms with Crippen LogP contribution in [0, 0.1) is 13.8 Å². The second-order valence-corrected chi connectivity index (χ2v) is 5.73. The normalized spacial score (nSPS) is 19.6. The molecule has 19 heavy (non-hydrogen) atoms. The second-order valence-electron chi connectivity index (χ2n) is 5.73. The van der Waals surface area contributed by atoms with Crippen molar-refractivity contribution in [2.75, 3.05) is 6.61 Å². The van der Waals surface area contributed by atoms with Gasteiger partial charge in [0.2, 0.25) is 0 Å². The molecule has 3 nitrogen and oxygen atoms in total. The molecule has 1 aliphatic carbocycles. The lowest BCUT2D eigenvalue weighted by Gasteiger charge is -2.37. The van der Waals surface area contributed by atoms with Crippen LogP contribution in [0.1, 0.15) is 55.3 Å². The van der Waals surface area contributed by atoms with E-state index in [-0.39, 0.29) is 11.6 Å². The van der Waals surface area contributed by atoms with Gasteiger partial charge in [-0.15, -0.1) is 0 Å². The Morgan fingerprint density at radius 3 is 2.26 bits per heavy atom. The summed E-state index contributed by atoms with van der Waals surface area (Å²) in [6.45, 7) is 7.07. The Hall–Kier alpha value is -0.900. The molecular formula is C16H26N2O. The number of benzene rings is 1. The number of hydrogen-bond acceptors (Lipinski definition) is 3. The van der Waals surface area contributed by atoms with Crippen molar-refractivity contribution >= 4 is 0 Å². The van der Waals surface area contributed by atoms with E-state index in [9.17, 15) is 0 Å². The third-order valence-corrected chi connectivity index (χ3v) is 4.15. The largest absolute Gasteiger partial charge is 0.373 e. The van der Waals surface area contributed by atoms with Gasteiger partial charge < -0.3 is 4.74 Å². The standard InChI is InChI=1S/C16H26N2O/c1-4-19-16(7-5-6-8-16)15(18-17)14-10-12(2)9-13(3)11-14/h9-11,15,18H,4-8,17H2,1-3H3. The molecule has 1 aromatic carbocycles. The molecule has 1 unspecified atom stereocenters. The van der Waals surface area contributed by atoms with Crippen molar-refractivity contribution in [3.8, 4) is 0 Å². The van der Waals surface area contributed by atoms with Crippen LogP contribution in [0.2, 0.25) is 0 Å². The van der Waals surface area contributed by atoms with E-state index >= 15 is 0 Å². The van der Waals surface area contributed by atoms with Crippen LogP contribution in [0.15, 0.2) is 18.2 Å². The van der Waals surface area contributed by atoms with Gasteiger partial charge in [0.25, 0.3) is 0 Å². The average Bonchev–Trinajstić information content (AvgIpc) is 2.78. The van der Waals surface area contributed by atoms with Crippen molar-refractivity contribution in [2.24, 2.45) is 5.84 Å². The highest BCUT2D eigenvalue weighted by atomic mass is 16.5. The fourth-order valence-electron chi connectivity index (χ4n) is 3.51. The molecule has 1 atom stereocenters. The molecule has 3 N–H and O–H groups in total. The second kappa shape index (κ2) is 6.04. The summed E-state index contributed by atoms with van der Waals surface area (Å²) in [5.74, 6) is 5.87. The van der Waals surface area contributed by atoms with Crippen molar-refractivity contribution in [3.63, 3.8) is 0 Å². The molecule has 1 aromatic rings. The molecule has 0 spiro atoms. The fourth-order valence-corrected chi connectivity index (χ4v) is 3.51. The summed E-state index contributed by atoms with van der Waals surface area (Å²) < 4.78 is 6.14. The first-order valence-corrected chi connectivity index (χ1v) is 7.29. The Morgan fingerprint density at radius 1 is 1.21 bits per heavy atom. The minimum Gasteiger partial charge on any atom is -0.373 e. The SMILES string of the molecule is CCOC1(C(NN)c2cc(C)cc(C)c2)CCCC1. The van der Waals surface area contributed by atoms with Crippen LogP contribution >= 0.6 is 0 Å². The summed E-state index contributed by atoms with van der Waals surface area (Å²) in [5.41, 5.74) is 6.68. The molecule has 1 fully saturated rings. The highest BCUT2D eigenvalue weighted by Gasteiger charge is 2.42. The van der Waals surface area contributed by atoms with E-state index in [0.717, 1.165) is 19.4 Å². The van der Waals surface area contributed by atoms with Crippen molar-refractivity contribution in [3.05, 3.63) is 34.9 Å². The Labute approximate surface area is 116 Å². The monoisotopic (exact) mass is 262 g/mol. The maximum atomic E-state index is 6.14. The van der Waals surface area contributed by atoms with Crippen LogP contribution in [0.5, 0.6) is 0 Å². The first-order chi connectivity index (χ1) is 9.11. The zero-order valence-corrected chi connectivity index (χ0v) is 12.3. The number of ether oxygens (including phenoxy) is 1. The minimum absolute atomic E-state index is 0.0774. The zero-order valence-electron chi connectivity index (χ0n) is 12.3. The summed E-state index contributed by atoms with van der Waals surface area (Å²) >= 11 is 0. The fraction of sp³-hybridized carbons (Fsp3) is 0.625. The highest BCUT2D eigenvalue weighted by molar-refractivity contribution is 5.32. The maximum absolute atomic E-state index is 6.14. The van der Waals surface area contributed by atoms with Gasteiger partial charge >= 0.3 is 0 Å². The van der Waals surface area contributed by atoms with Gasteiger partial charge in [0, 0.05) is 6.61 Å². The van der Waals surface area contributed by atoms with Crippen LogP contribution in [0.3, 0.4) is 0 Å². The lowest BCUT2D eigenvalue weighted by molar-refractivity contribution is -0.0627. The van der Waals surface area contributed by atoms with Crippen LogP contribution in [-0.4, -0.2) is 12.2 Å². The van der Waals surface area contributed by atoms with Crippen molar-refractivity contribution < 1.29 is 4.74 Å². The first kappa shape index (κ1) is 14.5. The summed E-state index contributed by atoms with van der Waals surface area (Å²) in [4.78, 5) is 0. The van der Waals surface area contributed by atoms with E-state index in [4.69, 9.17) is 10.6 Å². The van der Waals surface area contributed by atoms with E-state index < -0.39 is 0 Å². The van der Waals surface area contributed by atoms with Gasteiger partial charge in [0.1, 0.15) is 0 Å². The molecule has 106 valence electrons. The molecule has 1 aliphatic rings. The third-order valence-electron chi connectivity index (χ3n) is 4.15. The van der Waals surface area contributed by atoms with Crippen molar-refractivity contribution in [1.82, 2.24) is 5.43 Å². The number of nitrogens with two attached hydrogens (primary N) is 1. The number of hydrazine groups is 1. The lowest BCUT2D eigenvalue weighted by Crippen LogP contribution is -2.47. The number of aryl methyl sites for hydroxylation is 2. The number of nitrogens with one attached hydrogen (secondary N) is 1. The smallest absolute Gasteiger partial charge is 0.0889 e. The maximum Gasteiger partial charge on any atom is 0.0889 e. The van der Waals surface area contributed by atoms with Gasteiger partial charge in [-0.2, -0.15) is 0 Å². The van der Waals surface area contributed by atoms with E-state index in [1.165, 1.54) is 29.5 Å². The minimum atomic E-state index is -0.135. The van der Waals surface area contributed by atoms with Gasteiger partial charge in [0.05, 0.1) is 11.6 Å². The quantitative estimate of drug-likeness (QED) is 0.633. The van der Waals surface area contributed by atoms with E-state index in [1.54, 1.807) is 0 Å². The Morgan fingerprint density at radius 2 is 1.79 bits per heavy atom. The summed E-state index contributed by atoms with van der Waals surface area (Å²) in [6.07, 6.45) is 4.62. The van der Waals surface area contributed by atoms with Crippen LogP contribution in [0.25, 0.3) is 0 Å². The van der Waals surface area contributed by atoms with Gasteiger partial charge in [0.15, 0.2) is 0 Å². The summed E-state index contributed by atoms with van der Waals surface area (Å²) in [6, 6.07) is 6.71. The van der Waals surface area contributed by atoms with Crippen molar-refractivity contribution in [2.45, 2.75) is 58.1 Å². The number of rotatable bonds is 5. The highest BCUT2D eigenvalue weighted by Crippen LogP contribution is 2.42.